The van der Waals surface area contributed by atoms with Crippen LogP contribution in [0.1, 0.15) is 39.5 Å². The molecule has 0 spiro atoms. The number of nitrogens with one attached hydrogen (secondary N) is 1. The van der Waals surface area contributed by atoms with Crippen LogP contribution in [0.3, 0.4) is 0 Å². The summed E-state index contributed by atoms with van der Waals surface area (Å²) in [6.07, 6.45) is 3.77. The molecule has 0 fully saturated rings. The summed E-state index contributed by atoms with van der Waals surface area (Å²) in [5.41, 5.74) is 5.35. The average Bonchev–Trinajstić information content (AvgIpc) is 2.27. The van der Waals surface area contributed by atoms with Crippen LogP contribution >= 0.6 is 7.75 Å². The van der Waals surface area contributed by atoms with Gasteiger partial charge in [0.25, 0.3) is 0 Å². The molecular weight excluding hydrogens is 227 g/mol. The maximum Gasteiger partial charge on any atom is 0.405 e. The molecule has 98 valence electrons. The van der Waals surface area contributed by atoms with Gasteiger partial charge in [0.1, 0.15) is 0 Å². The van der Waals surface area contributed by atoms with E-state index in [2.05, 4.69) is 18.9 Å². The van der Waals surface area contributed by atoms with Crippen LogP contribution in [0.2, 0.25) is 0 Å². The molecule has 0 heterocycles. The Balaban J connectivity index is 3.97. The molecule has 0 aliphatic heterocycles. The molecule has 0 amide bonds. The second-order valence-electron chi connectivity index (χ2n) is 3.57. The molecule has 6 heteroatoms. The van der Waals surface area contributed by atoms with E-state index in [1.165, 1.54) is 0 Å². The molecule has 0 unspecified atom stereocenters. The van der Waals surface area contributed by atoms with Crippen molar-refractivity contribution in [2.45, 2.75) is 39.5 Å². The van der Waals surface area contributed by atoms with Crippen molar-refractivity contribution in [2.75, 3.05) is 26.3 Å². The maximum absolute atomic E-state index is 12.1. The van der Waals surface area contributed by atoms with E-state index in [0.717, 1.165) is 25.7 Å². The normalized spacial score (nSPS) is 11.9. The summed E-state index contributed by atoms with van der Waals surface area (Å²) < 4.78 is 22.7. The van der Waals surface area contributed by atoms with Gasteiger partial charge in [0.15, 0.2) is 0 Å². The van der Waals surface area contributed by atoms with Crippen LogP contribution in [-0.4, -0.2) is 26.3 Å². The van der Waals surface area contributed by atoms with Gasteiger partial charge in [0.05, 0.1) is 13.2 Å². The zero-order valence-corrected chi connectivity index (χ0v) is 11.3. The summed E-state index contributed by atoms with van der Waals surface area (Å²) in [7, 11) is -3.13. The molecule has 0 atom stereocenters. The summed E-state index contributed by atoms with van der Waals surface area (Å²) >= 11 is 0. The minimum absolute atomic E-state index is 0.415. The van der Waals surface area contributed by atoms with Crippen LogP contribution in [0.15, 0.2) is 0 Å². The third kappa shape index (κ3) is 8.25. The van der Waals surface area contributed by atoms with Crippen LogP contribution in [0.25, 0.3) is 0 Å². The highest BCUT2D eigenvalue weighted by Crippen LogP contribution is 2.43. The largest absolute Gasteiger partial charge is 0.405 e. The minimum Gasteiger partial charge on any atom is -0.329 e. The molecular formula is C10H25N2O3P. The van der Waals surface area contributed by atoms with Gasteiger partial charge < -0.3 is 5.73 Å². The summed E-state index contributed by atoms with van der Waals surface area (Å²) in [4.78, 5) is 0. The van der Waals surface area contributed by atoms with Gasteiger partial charge in [-0.25, -0.2) is 9.65 Å². The fourth-order valence-electron chi connectivity index (χ4n) is 0.988. The topological polar surface area (TPSA) is 73.6 Å². The van der Waals surface area contributed by atoms with Crippen LogP contribution in [0.5, 0.6) is 0 Å². The van der Waals surface area contributed by atoms with E-state index >= 15 is 0 Å². The Hall–Kier alpha value is 0.0700. The van der Waals surface area contributed by atoms with Crippen molar-refractivity contribution in [1.82, 2.24) is 5.09 Å². The molecule has 5 nitrogen and oxygen atoms in total. The fraction of sp³-hybridized carbons (Fsp3) is 1.00. The highest BCUT2D eigenvalue weighted by atomic mass is 31.2. The Kier molecular flexibility index (Phi) is 10.3. The Morgan fingerprint density at radius 2 is 1.62 bits per heavy atom. The van der Waals surface area contributed by atoms with Gasteiger partial charge in [-0.2, -0.15) is 0 Å². The number of hydrogen-bond donors (Lipinski definition) is 2. The van der Waals surface area contributed by atoms with E-state index in [0.29, 0.717) is 26.3 Å². The number of rotatable bonds is 11. The van der Waals surface area contributed by atoms with E-state index in [1.807, 2.05) is 0 Å². The zero-order chi connectivity index (χ0) is 12.3. The third-order valence-corrected chi connectivity index (χ3v) is 3.62. The molecule has 0 aromatic heterocycles. The van der Waals surface area contributed by atoms with Crippen LogP contribution in [-0.2, 0) is 13.6 Å². The lowest BCUT2D eigenvalue weighted by molar-refractivity contribution is 0.191. The molecule has 0 aliphatic carbocycles. The van der Waals surface area contributed by atoms with Gasteiger partial charge in [-0.05, 0) is 12.8 Å². The van der Waals surface area contributed by atoms with E-state index in [-0.39, 0.29) is 0 Å². The van der Waals surface area contributed by atoms with E-state index in [4.69, 9.17) is 14.8 Å². The SMILES string of the molecule is CCCCOP(=O)(NCCN)OCCCC. The molecule has 0 aromatic carbocycles. The van der Waals surface area contributed by atoms with Crippen molar-refractivity contribution in [3.8, 4) is 0 Å². The first-order valence-electron chi connectivity index (χ1n) is 6.02. The number of nitrogens with two attached hydrogens (primary N) is 1. The smallest absolute Gasteiger partial charge is 0.329 e. The lowest BCUT2D eigenvalue weighted by Crippen LogP contribution is -2.22. The van der Waals surface area contributed by atoms with E-state index in [1.54, 1.807) is 0 Å². The maximum atomic E-state index is 12.1. The standard InChI is InChI=1S/C10H25N2O3P/c1-3-5-9-14-16(13,12-8-7-11)15-10-6-4-2/h3-11H2,1-2H3,(H,12,13). The molecule has 0 saturated heterocycles. The van der Waals surface area contributed by atoms with Crippen molar-refractivity contribution < 1.29 is 13.6 Å². The lowest BCUT2D eigenvalue weighted by Gasteiger charge is -2.18. The zero-order valence-electron chi connectivity index (χ0n) is 10.4. The van der Waals surface area contributed by atoms with E-state index in [9.17, 15) is 4.57 Å². The van der Waals surface area contributed by atoms with Crippen molar-refractivity contribution in [3.05, 3.63) is 0 Å². The molecule has 0 bridgehead atoms. The molecule has 3 N–H and O–H groups in total. The van der Waals surface area contributed by atoms with Gasteiger partial charge in [0.2, 0.25) is 0 Å². The van der Waals surface area contributed by atoms with Crippen LogP contribution in [0, 0.1) is 0 Å². The summed E-state index contributed by atoms with van der Waals surface area (Å²) in [6.45, 7) is 5.88. The van der Waals surface area contributed by atoms with Crippen LogP contribution < -0.4 is 10.8 Å². The summed E-state index contributed by atoms with van der Waals surface area (Å²) in [6, 6.07) is 0. The fourth-order valence-corrected chi connectivity index (χ4v) is 2.39. The predicted molar refractivity (Wildman–Crippen MR) is 66.4 cm³/mol. The second kappa shape index (κ2) is 10.2. The number of unbranched alkanes of at least 4 members (excludes halogenated alkanes) is 2. The molecule has 0 aliphatic rings. The lowest BCUT2D eigenvalue weighted by atomic mass is 10.4. The van der Waals surface area contributed by atoms with Crippen LogP contribution in [0.4, 0.5) is 0 Å². The number of hydrogen-bond acceptors (Lipinski definition) is 4. The van der Waals surface area contributed by atoms with E-state index < -0.39 is 7.75 Å². The monoisotopic (exact) mass is 252 g/mol. The van der Waals surface area contributed by atoms with Gasteiger partial charge in [-0.3, -0.25) is 9.05 Å². The molecule has 0 saturated carbocycles. The molecule has 0 aromatic rings. The van der Waals surface area contributed by atoms with Gasteiger partial charge in [-0.1, -0.05) is 26.7 Å². The second-order valence-corrected chi connectivity index (χ2v) is 5.40. The first-order chi connectivity index (χ1) is 7.68. The quantitative estimate of drug-likeness (QED) is 0.436. The Bertz CT molecular complexity index is 189. The Morgan fingerprint density at radius 3 is 2.00 bits per heavy atom. The van der Waals surface area contributed by atoms with Crippen molar-refractivity contribution >= 4 is 7.75 Å². The summed E-state index contributed by atoms with van der Waals surface area (Å²) in [5, 5.41) is 2.75. The minimum atomic E-state index is -3.13. The van der Waals surface area contributed by atoms with Crippen molar-refractivity contribution in [2.24, 2.45) is 5.73 Å². The predicted octanol–water partition coefficient (Wildman–Crippen LogP) is 2.28. The Morgan fingerprint density at radius 1 is 1.12 bits per heavy atom. The van der Waals surface area contributed by atoms with Gasteiger partial charge in [-0.15, -0.1) is 0 Å². The highest BCUT2D eigenvalue weighted by molar-refractivity contribution is 7.51. The van der Waals surface area contributed by atoms with Crippen molar-refractivity contribution in [3.63, 3.8) is 0 Å². The first kappa shape index (κ1) is 16.1. The van der Waals surface area contributed by atoms with Gasteiger partial charge >= 0.3 is 7.75 Å². The van der Waals surface area contributed by atoms with Gasteiger partial charge in [0, 0.05) is 13.1 Å². The Labute approximate surface area is 98.7 Å². The molecule has 0 radical (unpaired) electrons. The average molecular weight is 252 g/mol. The highest BCUT2D eigenvalue weighted by Gasteiger charge is 2.22. The third-order valence-electron chi connectivity index (χ3n) is 1.97. The summed E-state index contributed by atoms with van der Waals surface area (Å²) in [5.74, 6) is 0. The molecule has 16 heavy (non-hydrogen) atoms. The van der Waals surface area contributed by atoms with Crippen molar-refractivity contribution in [1.29, 1.82) is 0 Å². The first-order valence-corrected chi connectivity index (χ1v) is 7.57. The molecule has 0 rings (SSSR count).